The third-order valence-corrected chi connectivity index (χ3v) is 2.04. The molecule has 0 spiro atoms. The molecule has 0 aromatic carbocycles. The quantitative estimate of drug-likeness (QED) is 0.734. The van der Waals surface area contributed by atoms with Crippen molar-refractivity contribution in [1.29, 1.82) is 0 Å². The van der Waals surface area contributed by atoms with Gasteiger partial charge in [0.05, 0.1) is 18.8 Å². The molecule has 3 heteroatoms. The highest BCUT2D eigenvalue weighted by Crippen LogP contribution is 2.19. The molecule has 0 bridgehead atoms. The van der Waals surface area contributed by atoms with Gasteiger partial charge in [0, 0.05) is 14.2 Å². The van der Waals surface area contributed by atoms with Crippen LogP contribution in [0.4, 0.5) is 0 Å². The summed E-state index contributed by atoms with van der Waals surface area (Å²) in [7, 11) is 3.36. The number of ether oxygens (including phenoxy) is 2. The molecule has 1 unspecified atom stereocenters. The third kappa shape index (κ3) is 8.22. The molecule has 1 N–H and O–H groups in total. The van der Waals surface area contributed by atoms with Crippen LogP contribution in [0.2, 0.25) is 0 Å². The highest BCUT2D eigenvalue weighted by molar-refractivity contribution is 4.65. The lowest BCUT2D eigenvalue weighted by molar-refractivity contribution is 0.0765. The van der Waals surface area contributed by atoms with Gasteiger partial charge >= 0.3 is 0 Å². The molecule has 0 amide bonds. The van der Waals surface area contributed by atoms with Crippen molar-refractivity contribution in [3.8, 4) is 0 Å². The van der Waals surface area contributed by atoms with E-state index >= 15 is 0 Å². The molecule has 1 aliphatic rings. The second kappa shape index (κ2) is 8.48. The molecule has 3 nitrogen and oxygen atoms in total. The van der Waals surface area contributed by atoms with Crippen LogP contribution in [0.3, 0.4) is 0 Å². The van der Waals surface area contributed by atoms with Crippen LogP contribution in [-0.2, 0) is 9.47 Å². The van der Waals surface area contributed by atoms with Gasteiger partial charge in [-0.15, -0.1) is 0 Å². The Hall–Kier alpha value is -0.120. The van der Waals surface area contributed by atoms with E-state index in [4.69, 9.17) is 9.84 Å². The fraction of sp³-hybridized carbons (Fsp3) is 1.00. The minimum absolute atomic E-state index is 0.324. The maximum Gasteiger partial charge on any atom is 0.0745 e. The standard InChI is InChI=1S/C6H12O.C4H10O2/c1-7-6-4-2-3-5-6;1-4(5)3-6-2/h6H,2-5H2,1H3;4-5H,3H2,1-2H3. The molecule has 0 aliphatic heterocycles. The summed E-state index contributed by atoms with van der Waals surface area (Å²) in [5.74, 6) is 0. The predicted octanol–water partition coefficient (Wildman–Crippen LogP) is 1.59. The van der Waals surface area contributed by atoms with Crippen molar-refractivity contribution in [2.75, 3.05) is 20.8 Å². The van der Waals surface area contributed by atoms with Gasteiger partial charge in [-0.3, -0.25) is 0 Å². The van der Waals surface area contributed by atoms with Crippen LogP contribution in [-0.4, -0.2) is 38.1 Å². The Morgan fingerprint density at radius 2 is 1.85 bits per heavy atom. The van der Waals surface area contributed by atoms with Gasteiger partial charge in [-0.05, 0) is 19.8 Å². The van der Waals surface area contributed by atoms with E-state index in [0.29, 0.717) is 12.7 Å². The summed E-state index contributed by atoms with van der Waals surface area (Å²) in [5.41, 5.74) is 0. The molecule has 0 radical (unpaired) electrons. The van der Waals surface area contributed by atoms with Crippen LogP contribution in [0.5, 0.6) is 0 Å². The number of methoxy groups -OCH3 is 2. The molecule has 1 atom stereocenters. The summed E-state index contributed by atoms with van der Waals surface area (Å²) in [4.78, 5) is 0. The fourth-order valence-electron chi connectivity index (χ4n) is 1.37. The van der Waals surface area contributed by atoms with E-state index in [1.807, 2.05) is 0 Å². The van der Waals surface area contributed by atoms with Gasteiger partial charge < -0.3 is 14.6 Å². The Labute approximate surface area is 81.0 Å². The maximum atomic E-state index is 8.43. The van der Waals surface area contributed by atoms with Crippen molar-refractivity contribution < 1.29 is 14.6 Å². The summed E-state index contributed by atoms with van der Waals surface area (Å²) in [5, 5.41) is 8.43. The zero-order chi connectivity index (χ0) is 10.1. The van der Waals surface area contributed by atoms with Gasteiger partial charge in [0.2, 0.25) is 0 Å². The lowest BCUT2D eigenvalue weighted by Gasteiger charge is -2.02. The molecule has 1 aliphatic carbocycles. The summed E-state index contributed by atoms with van der Waals surface area (Å²) >= 11 is 0. The first-order chi connectivity index (χ1) is 6.20. The first kappa shape index (κ1) is 12.9. The van der Waals surface area contributed by atoms with E-state index in [-0.39, 0.29) is 6.10 Å². The normalized spacial score (nSPS) is 19.4. The topological polar surface area (TPSA) is 38.7 Å². The van der Waals surface area contributed by atoms with Gasteiger partial charge in [-0.2, -0.15) is 0 Å². The Kier molecular flexibility index (Phi) is 8.40. The zero-order valence-electron chi connectivity index (χ0n) is 8.95. The monoisotopic (exact) mass is 190 g/mol. The fourth-order valence-corrected chi connectivity index (χ4v) is 1.37. The van der Waals surface area contributed by atoms with Gasteiger partial charge in [0.1, 0.15) is 0 Å². The number of aliphatic hydroxyl groups is 1. The van der Waals surface area contributed by atoms with Gasteiger partial charge in [-0.1, -0.05) is 12.8 Å². The van der Waals surface area contributed by atoms with Crippen LogP contribution in [0, 0.1) is 0 Å². The molecular formula is C10H22O3. The molecule has 13 heavy (non-hydrogen) atoms. The van der Waals surface area contributed by atoms with Crippen molar-refractivity contribution >= 4 is 0 Å². The number of hydrogen-bond acceptors (Lipinski definition) is 3. The molecule has 80 valence electrons. The second-order valence-electron chi connectivity index (χ2n) is 3.45. The van der Waals surface area contributed by atoms with Crippen molar-refractivity contribution in [2.24, 2.45) is 0 Å². The highest BCUT2D eigenvalue weighted by Gasteiger charge is 2.12. The van der Waals surface area contributed by atoms with E-state index in [2.05, 4.69) is 4.74 Å². The van der Waals surface area contributed by atoms with Gasteiger partial charge in [0.25, 0.3) is 0 Å². The number of rotatable bonds is 3. The van der Waals surface area contributed by atoms with E-state index < -0.39 is 0 Å². The lowest BCUT2D eigenvalue weighted by Crippen LogP contribution is -2.07. The minimum Gasteiger partial charge on any atom is -0.391 e. The van der Waals surface area contributed by atoms with Crippen molar-refractivity contribution in [1.82, 2.24) is 0 Å². The molecule has 0 saturated heterocycles. The summed E-state index contributed by atoms with van der Waals surface area (Å²) in [6.07, 6.45) is 5.60. The summed E-state index contributed by atoms with van der Waals surface area (Å²) in [6, 6.07) is 0. The number of aliphatic hydroxyl groups excluding tert-OH is 1. The molecule has 1 fully saturated rings. The maximum absolute atomic E-state index is 8.43. The molecule has 0 aromatic rings. The van der Waals surface area contributed by atoms with Gasteiger partial charge in [-0.25, -0.2) is 0 Å². The largest absolute Gasteiger partial charge is 0.391 e. The molecule has 0 aromatic heterocycles. The van der Waals surface area contributed by atoms with E-state index in [0.717, 1.165) is 0 Å². The Morgan fingerprint density at radius 3 is 2.00 bits per heavy atom. The van der Waals surface area contributed by atoms with Crippen molar-refractivity contribution in [2.45, 2.75) is 44.8 Å². The molecular weight excluding hydrogens is 168 g/mol. The summed E-state index contributed by atoms with van der Waals surface area (Å²) in [6.45, 7) is 2.11. The third-order valence-electron chi connectivity index (χ3n) is 2.04. The lowest BCUT2D eigenvalue weighted by atomic mass is 10.3. The second-order valence-corrected chi connectivity index (χ2v) is 3.45. The SMILES string of the molecule is COC1CCCC1.COCC(C)O. The van der Waals surface area contributed by atoms with Crippen LogP contribution in [0.25, 0.3) is 0 Å². The van der Waals surface area contributed by atoms with Gasteiger partial charge in [0.15, 0.2) is 0 Å². The van der Waals surface area contributed by atoms with E-state index in [9.17, 15) is 0 Å². The molecule has 1 rings (SSSR count). The van der Waals surface area contributed by atoms with Crippen LogP contribution in [0.15, 0.2) is 0 Å². The summed E-state index contributed by atoms with van der Waals surface area (Å²) < 4.78 is 9.66. The Balaban J connectivity index is 0.000000226. The first-order valence-electron chi connectivity index (χ1n) is 4.90. The Bertz CT molecular complexity index is 98.3. The predicted molar refractivity (Wildman–Crippen MR) is 52.8 cm³/mol. The molecule has 0 heterocycles. The smallest absolute Gasteiger partial charge is 0.0745 e. The van der Waals surface area contributed by atoms with Crippen LogP contribution < -0.4 is 0 Å². The van der Waals surface area contributed by atoms with Crippen LogP contribution >= 0.6 is 0 Å². The average Bonchev–Trinajstić information content (AvgIpc) is 2.56. The van der Waals surface area contributed by atoms with Crippen molar-refractivity contribution in [3.63, 3.8) is 0 Å². The van der Waals surface area contributed by atoms with E-state index in [1.165, 1.54) is 25.7 Å². The minimum atomic E-state index is -0.324. The average molecular weight is 190 g/mol. The first-order valence-corrected chi connectivity index (χ1v) is 4.90. The highest BCUT2D eigenvalue weighted by atomic mass is 16.5. The molecule has 1 saturated carbocycles. The van der Waals surface area contributed by atoms with Crippen LogP contribution in [0.1, 0.15) is 32.6 Å². The Morgan fingerprint density at radius 1 is 1.31 bits per heavy atom. The number of hydrogen-bond donors (Lipinski definition) is 1. The zero-order valence-corrected chi connectivity index (χ0v) is 8.95. The van der Waals surface area contributed by atoms with E-state index in [1.54, 1.807) is 21.1 Å². The van der Waals surface area contributed by atoms with Crippen molar-refractivity contribution in [3.05, 3.63) is 0 Å².